The maximum Gasteiger partial charge on any atom is 0.355 e. The average Bonchev–Trinajstić information content (AvgIpc) is 3.17. The van der Waals surface area contributed by atoms with Crippen LogP contribution in [0.1, 0.15) is 78.6 Å². The minimum absolute atomic E-state index is 0.0131. The van der Waals surface area contributed by atoms with Crippen LogP contribution in [0.2, 0.25) is 0 Å². The van der Waals surface area contributed by atoms with Crippen molar-refractivity contribution in [3.8, 4) is 0 Å². The Bertz CT molecular complexity index is 831. The predicted molar refractivity (Wildman–Crippen MR) is 135 cm³/mol. The fourth-order valence-corrected chi connectivity index (χ4v) is 9.12. The van der Waals surface area contributed by atoms with Gasteiger partial charge in [0.2, 0.25) is 0 Å². The molecule has 4 N–H and O–H groups in total. The zero-order valence-electron chi connectivity index (χ0n) is 22.3. The summed E-state index contributed by atoms with van der Waals surface area (Å²) in [5, 5.41) is 1.25. The number of carbonyl (C=O) groups is 2. The van der Waals surface area contributed by atoms with E-state index in [-0.39, 0.29) is 36.0 Å². The van der Waals surface area contributed by atoms with E-state index in [1.165, 1.54) is 49.7 Å². The number of carbonyl (C=O) groups excluding carboxylic acids is 2. The number of esters is 1. The molecule has 4 saturated carbocycles. The van der Waals surface area contributed by atoms with Crippen molar-refractivity contribution in [2.24, 2.45) is 57.9 Å². The second-order valence-electron chi connectivity index (χ2n) is 12.3. The van der Waals surface area contributed by atoms with Gasteiger partial charge in [-0.05, 0) is 98.7 Å². The lowest BCUT2D eigenvalue weighted by atomic mass is 9.44. The van der Waals surface area contributed by atoms with Gasteiger partial charge in [-0.3, -0.25) is 4.79 Å². The van der Waals surface area contributed by atoms with Gasteiger partial charge in [-0.25, -0.2) is 10.6 Å². The van der Waals surface area contributed by atoms with Crippen molar-refractivity contribution in [1.29, 1.82) is 0 Å². The number of fused-ring (bicyclic) bond motifs is 5. The lowest BCUT2D eigenvalue weighted by molar-refractivity contribution is -0.154. The van der Waals surface area contributed by atoms with E-state index in [0.717, 1.165) is 43.6 Å². The van der Waals surface area contributed by atoms with Crippen LogP contribution >= 0.6 is 0 Å². The molecule has 198 valence electrons. The molecule has 0 aromatic heterocycles. The molecule has 0 bridgehead atoms. The summed E-state index contributed by atoms with van der Waals surface area (Å²) in [5.74, 6) is 9.26. The first-order valence-corrected chi connectivity index (χ1v) is 13.8. The molecule has 7 nitrogen and oxygen atoms in total. The number of methoxy groups -OCH3 is 1. The third-order valence-corrected chi connectivity index (χ3v) is 10.6. The highest BCUT2D eigenvalue weighted by Crippen LogP contribution is 2.68. The molecule has 0 aliphatic heterocycles. The highest BCUT2D eigenvalue weighted by molar-refractivity contribution is 5.87. The van der Waals surface area contributed by atoms with Gasteiger partial charge in [-0.1, -0.05) is 20.3 Å². The molecule has 0 aromatic rings. The molecule has 4 fully saturated rings. The van der Waals surface area contributed by atoms with Gasteiger partial charge in [0.25, 0.3) is 0 Å². The van der Waals surface area contributed by atoms with E-state index in [1.807, 2.05) is 7.11 Å². The Balaban J connectivity index is 1.47. The Labute approximate surface area is 211 Å². The number of ketones is 1. The van der Waals surface area contributed by atoms with E-state index >= 15 is 0 Å². The van der Waals surface area contributed by atoms with Crippen LogP contribution in [0.25, 0.3) is 0 Å². The van der Waals surface area contributed by atoms with Gasteiger partial charge in [-0.2, -0.15) is 0 Å². The van der Waals surface area contributed by atoms with Crippen molar-refractivity contribution < 1.29 is 19.1 Å². The van der Waals surface area contributed by atoms with Crippen LogP contribution in [-0.4, -0.2) is 43.6 Å². The van der Waals surface area contributed by atoms with Crippen LogP contribution in [0.4, 0.5) is 0 Å². The molecular formula is C28H47N3O4. The van der Waals surface area contributed by atoms with E-state index in [0.29, 0.717) is 17.3 Å². The number of nitrogens with zero attached hydrogens (tertiary/aromatic N) is 1. The van der Waals surface area contributed by atoms with Crippen LogP contribution < -0.4 is 11.6 Å². The number of Topliss-reactive ketones (excluding diaryl/α,β-unsaturated/α-hetero) is 1. The number of hydrogen-bond acceptors (Lipinski definition) is 7. The molecule has 8 unspecified atom stereocenters. The van der Waals surface area contributed by atoms with Crippen molar-refractivity contribution in [3.05, 3.63) is 11.9 Å². The van der Waals surface area contributed by atoms with Gasteiger partial charge in [0.15, 0.2) is 5.78 Å². The average molecular weight is 490 g/mol. The number of ether oxygens (including phenoxy) is 2. The van der Waals surface area contributed by atoms with Gasteiger partial charge in [0, 0.05) is 19.2 Å². The summed E-state index contributed by atoms with van der Waals surface area (Å²) in [5.41, 5.74) is 6.05. The largest absolute Gasteiger partial charge is 0.461 e. The Kier molecular flexibility index (Phi) is 7.87. The van der Waals surface area contributed by atoms with Crippen LogP contribution in [0.15, 0.2) is 11.9 Å². The predicted octanol–water partition coefficient (Wildman–Crippen LogP) is 4.02. The van der Waals surface area contributed by atoms with Crippen molar-refractivity contribution in [3.63, 3.8) is 0 Å². The molecule has 0 heterocycles. The molecule has 7 heteroatoms. The monoisotopic (exact) mass is 489 g/mol. The van der Waals surface area contributed by atoms with Crippen LogP contribution in [0.5, 0.6) is 0 Å². The second kappa shape index (κ2) is 10.4. The Morgan fingerprint density at radius 1 is 1.09 bits per heavy atom. The fourth-order valence-electron chi connectivity index (χ4n) is 9.12. The van der Waals surface area contributed by atoms with Gasteiger partial charge in [0.1, 0.15) is 5.70 Å². The lowest BCUT2D eigenvalue weighted by Crippen LogP contribution is -2.56. The van der Waals surface area contributed by atoms with Gasteiger partial charge >= 0.3 is 5.97 Å². The minimum atomic E-state index is -0.612. The van der Waals surface area contributed by atoms with Crippen molar-refractivity contribution in [1.82, 2.24) is 5.01 Å². The van der Waals surface area contributed by atoms with Gasteiger partial charge < -0.3 is 20.2 Å². The summed E-state index contributed by atoms with van der Waals surface area (Å²) in [6.07, 6.45) is 12.3. The SMILES string of the molecule is CCOC(=O)/C(N)=C/N(N)CC(=O)C1CCC2C3CCC4CC(C)CCC4(COC)C3CCC12C. The summed E-state index contributed by atoms with van der Waals surface area (Å²) in [4.78, 5) is 25.2. The van der Waals surface area contributed by atoms with Crippen molar-refractivity contribution in [2.45, 2.75) is 78.6 Å². The first-order chi connectivity index (χ1) is 16.7. The fraction of sp³-hybridized carbons (Fsp3) is 0.857. The smallest absolute Gasteiger partial charge is 0.355 e. The standard InChI is InChI=1S/C28H47N3O4/c1-5-35-26(33)24(29)15-31(30)16-25(32)23-9-8-21-20-7-6-19-14-18(2)10-13-28(19,17-34-4)22(20)11-12-27(21,23)3/h15,18-23H,5-14,16-17,29-30H2,1-4H3/b24-15-. The highest BCUT2D eigenvalue weighted by atomic mass is 16.5. The molecule has 4 rings (SSSR count). The maximum atomic E-state index is 13.5. The lowest BCUT2D eigenvalue weighted by Gasteiger charge is -2.62. The molecular weight excluding hydrogens is 442 g/mol. The quantitative estimate of drug-likeness (QED) is 0.229. The Morgan fingerprint density at radius 3 is 2.57 bits per heavy atom. The van der Waals surface area contributed by atoms with Crippen LogP contribution in [0.3, 0.4) is 0 Å². The van der Waals surface area contributed by atoms with Crippen molar-refractivity contribution >= 4 is 11.8 Å². The summed E-state index contributed by atoms with van der Waals surface area (Å²) < 4.78 is 10.8. The van der Waals surface area contributed by atoms with Gasteiger partial charge in [-0.15, -0.1) is 0 Å². The molecule has 0 spiro atoms. The van der Waals surface area contributed by atoms with E-state index < -0.39 is 5.97 Å². The molecule has 0 aromatic carbocycles. The second-order valence-corrected chi connectivity index (χ2v) is 12.3. The number of nitrogens with two attached hydrogens (primary N) is 2. The minimum Gasteiger partial charge on any atom is -0.461 e. The number of hydrazine groups is 1. The van der Waals surface area contributed by atoms with Crippen LogP contribution in [-0.2, 0) is 19.1 Å². The Morgan fingerprint density at radius 2 is 1.86 bits per heavy atom. The maximum absolute atomic E-state index is 13.5. The molecule has 4 aliphatic carbocycles. The zero-order chi connectivity index (χ0) is 25.4. The summed E-state index contributed by atoms with van der Waals surface area (Å²) in [6.45, 7) is 7.71. The first kappa shape index (κ1) is 26.5. The highest BCUT2D eigenvalue weighted by Gasteiger charge is 2.62. The summed E-state index contributed by atoms with van der Waals surface area (Å²) in [6, 6.07) is 0. The molecule has 0 saturated heterocycles. The number of rotatable bonds is 8. The zero-order valence-corrected chi connectivity index (χ0v) is 22.3. The molecule has 4 aliphatic rings. The van der Waals surface area contributed by atoms with E-state index in [2.05, 4.69) is 13.8 Å². The molecule has 0 radical (unpaired) electrons. The molecule has 8 atom stereocenters. The van der Waals surface area contributed by atoms with E-state index in [1.54, 1.807) is 6.92 Å². The topological polar surface area (TPSA) is 108 Å². The third kappa shape index (κ3) is 4.75. The van der Waals surface area contributed by atoms with Crippen molar-refractivity contribution in [2.75, 3.05) is 26.9 Å². The summed E-state index contributed by atoms with van der Waals surface area (Å²) >= 11 is 0. The Hall–Kier alpha value is -1.60. The van der Waals surface area contributed by atoms with E-state index in [9.17, 15) is 9.59 Å². The van der Waals surface area contributed by atoms with Crippen LogP contribution in [0, 0.1) is 46.3 Å². The normalized spacial score (nSPS) is 40.9. The molecule has 0 amide bonds. The third-order valence-electron chi connectivity index (χ3n) is 10.6. The van der Waals surface area contributed by atoms with E-state index in [4.69, 9.17) is 21.1 Å². The molecule has 35 heavy (non-hydrogen) atoms. The van der Waals surface area contributed by atoms with Gasteiger partial charge in [0.05, 0.1) is 19.8 Å². The number of hydrogen-bond donors (Lipinski definition) is 2. The summed E-state index contributed by atoms with van der Waals surface area (Å²) in [7, 11) is 1.88. The first-order valence-electron chi connectivity index (χ1n) is 13.8.